The van der Waals surface area contributed by atoms with Crippen LogP contribution in [0.25, 0.3) is 0 Å². The molecule has 1 heterocycles. The average Bonchev–Trinajstić information content (AvgIpc) is 2.92. The van der Waals surface area contributed by atoms with Crippen LogP contribution in [0.1, 0.15) is 27.0 Å². The smallest absolute Gasteiger partial charge is 0.341 e. The standard InChI is InChI=1S/C15H11FN2O3S/c1-9-8-22-14(18-9)11(6-17)13(19)7-21-15(20)10-4-2-3-5-12(10)16/h2-5,8,11H,7H2,1H3/t11-/m1/s1. The molecular formula is C15H11FN2O3S. The molecule has 5 nitrogen and oxygen atoms in total. The second-order valence-electron chi connectivity index (χ2n) is 4.41. The Labute approximate surface area is 130 Å². The fraction of sp³-hybridized carbons (Fsp3) is 0.200. The van der Waals surface area contributed by atoms with Gasteiger partial charge in [0.05, 0.1) is 11.6 Å². The molecule has 2 rings (SSSR count). The minimum atomic E-state index is -1.09. The molecule has 2 aromatic rings. The van der Waals surface area contributed by atoms with Crippen molar-refractivity contribution < 1.29 is 18.7 Å². The van der Waals surface area contributed by atoms with Gasteiger partial charge in [-0.15, -0.1) is 11.3 Å². The quantitative estimate of drug-likeness (QED) is 0.792. The molecule has 7 heteroatoms. The Morgan fingerprint density at radius 2 is 2.18 bits per heavy atom. The number of benzene rings is 1. The van der Waals surface area contributed by atoms with Crippen LogP contribution in [0.3, 0.4) is 0 Å². The lowest BCUT2D eigenvalue weighted by molar-refractivity contribution is -0.122. The molecule has 1 aromatic carbocycles. The highest BCUT2D eigenvalue weighted by Gasteiger charge is 2.25. The van der Waals surface area contributed by atoms with Crippen molar-refractivity contribution in [2.24, 2.45) is 0 Å². The second-order valence-corrected chi connectivity index (χ2v) is 5.30. The van der Waals surface area contributed by atoms with Crippen molar-refractivity contribution in [2.45, 2.75) is 12.8 Å². The number of halogens is 1. The summed E-state index contributed by atoms with van der Waals surface area (Å²) in [6.45, 7) is 1.14. The van der Waals surface area contributed by atoms with Crippen molar-refractivity contribution in [3.05, 3.63) is 51.7 Å². The highest BCUT2D eigenvalue weighted by Crippen LogP contribution is 2.21. The molecule has 0 radical (unpaired) electrons. The van der Waals surface area contributed by atoms with Gasteiger partial charge in [-0.3, -0.25) is 4.79 Å². The molecule has 0 spiro atoms. The summed E-state index contributed by atoms with van der Waals surface area (Å²) >= 11 is 1.19. The number of rotatable bonds is 5. The van der Waals surface area contributed by atoms with E-state index in [0.717, 1.165) is 6.07 Å². The first-order valence-electron chi connectivity index (χ1n) is 6.29. The molecule has 0 aliphatic rings. The van der Waals surface area contributed by atoms with E-state index in [1.54, 1.807) is 12.3 Å². The SMILES string of the molecule is Cc1csc([C@H](C#N)C(=O)COC(=O)c2ccccc2F)n1. The van der Waals surface area contributed by atoms with Gasteiger partial charge in [-0.05, 0) is 19.1 Å². The largest absolute Gasteiger partial charge is 0.454 e. The first-order valence-corrected chi connectivity index (χ1v) is 7.17. The number of hydrogen-bond acceptors (Lipinski definition) is 6. The summed E-state index contributed by atoms with van der Waals surface area (Å²) in [5, 5.41) is 11.2. The lowest BCUT2D eigenvalue weighted by Gasteiger charge is -2.07. The number of nitriles is 1. The number of aryl methyl sites for hydroxylation is 1. The molecule has 0 saturated heterocycles. The predicted molar refractivity (Wildman–Crippen MR) is 76.9 cm³/mol. The van der Waals surface area contributed by atoms with E-state index in [0.29, 0.717) is 10.7 Å². The Bertz CT molecular complexity index is 751. The zero-order chi connectivity index (χ0) is 16.1. The van der Waals surface area contributed by atoms with E-state index in [-0.39, 0.29) is 5.56 Å². The van der Waals surface area contributed by atoms with E-state index in [4.69, 9.17) is 10.00 Å². The highest BCUT2D eigenvalue weighted by atomic mass is 32.1. The van der Waals surface area contributed by atoms with Crippen molar-refractivity contribution in [2.75, 3.05) is 6.61 Å². The number of thiazole rings is 1. The second kappa shape index (κ2) is 6.91. The van der Waals surface area contributed by atoms with E-state index >= 15 is 0 Å². The van der Waals surface area contributed by atoms with Crippen LogP contribution >= 0.6 is 11.3 Å². The number of esters is 1. The third-order valence-corrected chi connectivity index (χ3v) is 3.80. The molecular weight excluding hydrogens is 307 g/mol. The van der Waals surface area contributed by atoms with Gasteiger partial charge in [-0.1, -0.05) is 12.1 Å². The van der Waals surface area contributed by atoms with Gasteiger partial charge in [0.2, 0.25) is 0 Å². The Kier molecular flexibility index (Phi) is 4.96. The molecule has 22 heavy (non-hydrogen) atoms. The fourth-order valence-corrected chi connectivity index (χ4v) is 2.56. The number of nitrogens with zero attached hydrogens (tertiary/aromatic N) is 2. The van der Waals surface area contributed by atoms with Crippen LogP contribution in [0.2, 0.25) is 0 Å². The van der Waals surface area contributed by atoms with Crippen LogP contribution in [0.15, 0.2) is 29.6 Å². The van der Waals surface area contributed by atoms with Gasteiger partial charge in [-0.25, -0.2) is 14.2 Å². The van der Waals surface area contributed by atoms with Gasteiger partial charge in [0.15, 0.2) is 18.3 Å². The van der Waals surface area contributed by atoms with Crippen LogP contribution in [-0.2, 0) is 9.53 Å². The number of aromatic nitrogens is 1. The number of carbonyl (C=O) groups is 2. The maximum atomic E-state index is 13.4. The molecule has 112 valence electrons. The van der Waals surface area contributed by atoms with Crippen LogP contribution in [0, 0.1) is 24.1 Å². The molecule has 0 aliphatic heterocycles. The molecule has 0 N–H and O–H groups in total. The lowest BCUT2D eigenvalue weighted by Crippen LogP contribution is -2.20. The van der Waals surface area contributed by atoms with Gasteiger partial charge < -0.3 is 4.74 Å². The molecule has 0 saturated carbocycles. The summed E-state index contributed by atoms with van der Waals surface area (Å²) in [5.41, 5.74) is 0.449. The summed E-state index contributed by atoms with van der Waals surface area (Å²) in [6, 6.07) is 7.14. The van der Waals surface area contributed by atoms with Crippen LogP contribution in [0.4, 0.5) is 4.39 Å². The van der Waals surface area contributed by atoms with E-state index in [9.17, 15) is 14.0 Å². The number of carbonyl (C=O) groups excluding carboxylic acids is 2. The molecule has 0 unspecified atom stereocenters. The Morgan fingerprint density at radius 1 is 1.45 bits per heavy atom. The van der Waals surface area contributed by atoms with Gasteiger partial charge >= 0.3 is 5.97 Å². The van der Waals surface area contributed by atoms with Crippen molar-refractivity contribution in [3.8, 4) is 6.07 Å². The zero-order valence-corrected chi connectivity index (χ0v) is 12.4. The summed E-state index contributed by atoms with van der Waals surface area (Å²) < 4.78 is 18.2. The van der Waals surface area contributed by atoms with E-state index in [1.165, 1.54) is 29.5 Å². The van der Waals surface area contributed by atoms with Crippen molar-refractivity contribution in [1.82, 2.24) is 4.98 Å². The highest BCUT2D eigenvalue weighted by molar-refractivity contribution is 7.09. The Balaban J connectivity index is 2.02. The maximum Gasteiger partial charge on any atom is 0.341 e. The monoisotopic (exact) mass is 318 g/mol. The fourth-order valence-electron chi connectivity index (χ4n) is 1.69. The van der Waals surface area contributed by atoms with Crippen molar-refractivity contribution >= 4 is 23.1 Å². The topological polar surface area (TPSA) is 80.0 Å². The number of ketones is 1. The summed E-state index contributed by atoms with van der Waals surface area (Å²) in [6.07, 6.45) is 0. The third kappa shape index (κ3) is 3.54. The van der Waals surface area contributed by atoms with Gasteiger partial charge in [0, 0.05) is 11.1 Å². The number of hydrogen-bond donors (Lipinski definition) is 0. The van der Waals surface area contributed by atoms with Gasteiger partial charge in [-0.2, -0.15) is 5.26 Å². The van der Waals surface area contributed by atoms with Crippen LogP contribution < -0.4 is 0 Å². The molecule has 0 bridgehead atoms. The summed E-state index contributed by atoms with van der Waals surface area (Å²) in [5.74, 6) is -3.36. The van der Waals surface area contributed by atoms with Crippen molar-refractivity contribution in [1.29, 1.82) is 5.26 Å². The Morgan fingerprint density at radius 3 is 2.77 bits per heavy atom. The molecule has 1 atom stereocenters. The predicted octanol–water partition coefficient (Wildman–Crippen LogP) is 2.62. The first-order chi connectivity index (χ1) is 10.5. The normalized spacial score (nSPS) is 11.5. The average molecular weight is 318 g/mol. The molecule has 0 fully saturated rings. The van der Waals surface area contributed by atoms with Crippen LogP contribution in [-0.4, -0.2) is 23.3 Å². The van der Waals surface area contributed by atoms with Gasteiger partial charge in [0.25, 0.3) is 0 Å². The van der Waals surface area contributed by atoms with Crippen LogP contribution in [0.5, 0.6) is 0 Å². The first kappa shape index (κ1) is 15.8. The third-order valence-electron chi connectivity index (χ3n) is 2.77. The van der Waals surface area contributed by atoms with E-state index in [1.807, 2.05) is 6.07 Å². The van der Waals surface area contributed by atoms with E-state index in [2.05, 4.69) is 4.98 Å². The minimum Gasteiger partial charge on any atom is -0.454 e. The number of ether oxygens (including phenoxy) is 1. The summed E-state index contributed by atoms with van der Waals surface area (Å²) in [7, 11) is 0. The van der Waals surface area contributed by atoms with Crippen molar-refractivity contribution in [3.63, 3.8) is 0 Å². The minimum absolute atomic E-state index is 0.256. The summed E-state index contributed by atoms with van der Waals surface area (Å²) in [4.78, 5) is 27.8. The van der Waals surface area contributed by atoms with Gasteiger partial charge in [0.1, 0.15) is 10.8 Å². The molecule has 0 aliphatic carbocycles. The lowest BCUT2D eigenvalue weighted by atomic mass is 10.1. The number of Topliss-reactive ketones (excluding diaryl/α,β-unsaturated/α-hetero) is 1. The molecule has 0 amide bonds. The van der Waals surface area contributed by atoms with E-state index < -0.39 is 30.1 Å². The molecule has 1 aromatic heterocycles. The Hall–Kier alpha value is -2.59. The zero-order valence-electron chi connectivity index (χ0n) is 11.6. The maximum absolute atomic E-state index is 13.4.